The number of hydrogen-bond donors (Lipinski definition) is 0. The summed E-state index contributed by atoms with van der Waals surface area (Å²) >= 11 is 0. The summed E-state index contributed by atoms with van der Waals surface area (Å²) in [5, 5.41) is 4.31. The molecule has 0 unspecified atom stereocenters. The molecule has 0 amide bonds. The highest BCUT2D eigenvalue weighted by Gasteiger charge is 2.44. The van der Waals surface area contributed by atoms with Gasteiger partial charge in [-0.1, -0.05) is 91.7 Å². The zero-order chi connectivity index (χ0) is 24.0. The fraction of sp³-hybridized carbons (Fsp3) is 0.273. The molecule has 0 aromatic heterocycles. The monoisotopic (exact) mass is 465 g/mol. The molecule has 0 N–H and O–H groups in total. The van der Waals surface area contributed by atoms with Crippen molar-refractivity contribution in [2.75, 3.05) is 6.16 Å². The topological polar surface area (TPSA) is 0 Å². The minimum Gasteiger partial charge on any atom is -0.0696 e. The van der Waals surface area contributed by atoms with Crippen molar-refractivity contribution in [1.82, 2.24) is 0 Å². The fourth-order valence-corrected chi connectivity index (χ4v) is 9.52. The maximum absolute atomic E-state index is 2.48. The molecule has 0 heterocycles. The van der Waals surface area contributed by atoms with Crippen LogP contribution in [-0.2, 0) is 0 Å². The molecule has 0 fully saturated rings. The second kappa shape index (κ2) is 10.7. The molecule has 0 saturated carbocycles. The van der Waals surface area contributed by atoms with Crippen molar-refractivity contribution in [2.24, 2.45) is 5.41 Å². The van der Waals surface area contributed by atoms with Crippen LogP contribution < -0.4 is 15.9 Å². The average Bonchev–Trinajstić information content (AvgIpc) is 2.86. The third-order valence-electron chi connectivity index (χ3n) is 7.33. The Kier molecular flexibility index (Phi) is 7.70. The van der Waals surface area contributed by atoms with E-state index in [0.717, 1.165) is 6.16 Å². The van der Waals surface area contributed by atoms with E-state index in [1.165, 1.54) is 46.3 Å². The Hall–Kier alpha value is -2.69. The Labute approximate surface area is 207 Å². The maximum atomic E-state index is 2.48. The molecule has 1 aliphatic carbocycles. The first-order valence-corrected chi connectivity index (χ1v) is 14.5. The zero-order valence-corrected chi connectivity index (χ0v) is 22.1. The standard InChI is InChI=1S/C33H38P/c1-27(22-23-32-28(2)15-14-25-33(32,3)4)24-26-34(29-16-8-5-9-17-29,30-18-10-6-11-19-30)31-20-12-7-13-21-31/h5-13,16-24H,14-15,25-26H2,1-4H3/q+1. The summed E-state index contributed by atoms with van der Waals surface area (Å²) in [5.41, 5.74) is 4.70. The molecule has 0 nitrogen and oxygen atoms in total. The van der Waals surface area contributed by atoms with Crippen LogP contribution in [0.25, 0.3) is 0 Å². The molecule has 0 spiro atoms. The Morgan fingerprint density at radius 1 is 0.794 bits per heavy atom. The van der Waals surface area contributed by atoms with E-state index in [9.17, 15) is 0 Å². The summed E-state index contributed by atoms with van der Waals surface area (Å²) in [5.74, 6) is 0. The Bertz CT molecular complexity index is 1070. The molecular weight excluding hydrogens is 427 g/mol. The molecule has 34 heavy (non-hydrogen) atoms. The molecular formula is C33H38P+. The third-order valence-corrected chi connectivity index (χ3v) is 11.6. The summed E-state index contributed by atoms with van der Waals surface area (Å²) < 4.78 is 0. The molecule has 0 aliphatic heterocycles. The van der Waals surface area contributed by atoms with Gasteiger partial charge in [-0.3, -0.25) is 0 Å². The molecule has 0 radical (unpaired) electrons. The second-order valence-corrected chi connectivity index (χ2v) is 13.7. The van der Waals surface area contributed by atoms with Gasteiger partial charge >= 0.3 is 0 Å². The SMILES string of the molecule is CC(C=CC1=C(C)CCCC1(C)C)=CC[P+](c1ccccc1)(c1ccccc1)c1ccccc1. The van der Waals surface area contributed by atoms with Gasteiger partial charge in [-0.2, -0.15) is 0 Å². The van der Waals surface area contributed by atoms with Gasteiger partial charge in [0.05, 0.1) is 6.16 Å². The molecule has 0 atom stereocenters. The van der Waals surface area contributed by atoms with E-state index in [2.05, 4.69) is 137 Å². The highest BCUT2D eigenvalue weighted by atomic mass is 31.2. The molecule has 0 bridgehead atoms. The van der Waals surface area contributed by atoms with Crippen molar-refractivity contribution in [3.8, 4) is 0 Å². The normalized spacial score (nSPS) is 16.8. The van der Waals surface area contributed by atoms with Gasteiger partial charge < -0.3 is 0 Å². The lowest BCUT2D eigenvalue weighted by Gasteiger charge is -2.33. The summed E-state index contributed by atoms with van der Waals surface area (Å²) in [6, 6.07) is 33.4. The van der Waals surface area contributed by atoms with E-state index in [-0.39, 0.29) is 5.41 Å². The predicted molar refractivity (Wildman–Crippen MR) is 153 cm³/mol. The first-order chi connectivity index (χ1) is 16.4. The number of rotatable bonds is 7. The molecule has 3 aromatic rings. The Morgan fingerprint density at radius 3 is 1.71 bits per heavy atom. The maximum Gasteiger partial charge on any atom is 0.115 e. The van der Waals surface area contributed by atoms with Crippen molar-refractivity contribution in [3.05, 3.63) is 126 Å². The van der Waals surface area contributed by atoms with Gasteiger partial charge in [0.2, 0.25) is 0 Å². The molecule has 1 heteroatoms. The van der Waals surface area contributed by atoms with E-state index in [1.807, 2.05) is 0 Å². The first-order valence-electron chi connectivity index (χ1n) is 12.5. The molecule has 4 rings (SSSR count). The van der Waals surface area contributed by atoms with E-state index in [1.54, 1.807) is 5.57 Å². The van der Waals surface area contributed by atoms with Gasteiger partial charge in [0.1, 0.15) is 23.2 Å². The fourth-order valence-electron chi connectivity index (χ4n) is 5.38. The third kappa shape index (κ3) is 5.18. The smallest absolute Gasteiger partial charge is 0.0696 e. The molecule has 0 saturated heterocycles. The largest absolute Gasteiger partial charge is 0.115 e. The van der Waals surface area contributed by atoms with Crippen molar-refractivity contribution in [1.29, 1.82) is 0 Å². The van der Waals surface area contributed by atoms with Gasteiger partial charge in [0.25, 0.3) is 0 Å². The molecule has 1 aliphatic rings. The van der Waals surface area contributed by atoms with Gasteiger partial charge in [-0.05, 0) is 86.6 Å². The minimum atomic E-state index is -1.82. The Morgan fingerprint density at radius 2 is 1.26 bits per heavy atom. The van der Waals surface area contributed by atoms with Gasteiger partial charge in [-0.15, -0.1) is 0 Å². The van der Waals surface area contributed by atoms with Crippen LogP contribution in [0.4, 0.5) is 0 Å². The quantitative estimate of drug-likeness (QED) is 0.245. The lowest BCUT2D eigenvalue weighted by atomic mass is 9.72. The van der Waals surface area contributed by atoms with Crippen LogP contribution in [0.15, 0.2) is 126 Å². The van der Waals surface area contributed by atoms with Gasteiger partial charge in [0.15, 0.2) is 0 Å². The lowest BCUT2D eigenvalue weighted by molar-refractivity contribution is 0.377. The minimum absolute atomic E-state index is 0.272. The van der Waals surface area contributed by atoms with E-state index in [0.29, 0.717) is 0 Å². The van der Waals surface area contributed by atoms with Crippen LogP contribution >= 0.6 is 7.26 Å². The van der Waals surface area contributed by atoms with E-state index >= 15 is 0 Å². The van der Waals surface area contributed by atoms with E-state index < -0.39 is 7.26 Å². The average molecular weight is 466 g/mol. The van der Waals surface area contributed by atoms with E-state index in [4.69, 9.17) is 0 Å². The summed E-state index contributed by atoms with van der Waals surface area (Å²) in [6.45, 7) is 9.37. The van der Waals surface area contributed by atoms with Crippen LogP contribution in [0.1, 0.15) is 47.0 Å². The van der Waals surface area contributed by atoms with Crippen LogP contribution in [0.3, 0.4) is 0 Å². The summed E-state index contributed by atoms with van der Waals surface area (Å²) in [4.78, 5) is 0. The van der Waals surface area contributed by atoms with Gasteiger partial charge in [-0.25, -0.2) is 0 Å². The first kappa shape index (κ1) is 24.4. The van der Waals surface area contributed by atoms with Crippen molar-refractivity contribution in [2.45, 2.75) is 47.0 Å². The number of benzene rings is 3. The zero-order valence-electron chi connectivity index (χ0n) is 21.2. The number of hydrogen-bond acceptors (Lipinski definition) is 0. The van der Waals surface area contributed by atoms with Crippen molar-refractivity contribution in [3.63, 3.8) is 0 Å². The predicted octanol–water partition coefficient (Wildman–Crippen LogP) is 8.01. The highest BCUT2D eigenvalue weighted by molar-refractivity contribution is 7.95. The van der Waals surface area contributed by atoms with Crippen LogP contribution in [0.2, 0.25) is 0 Å². The van der Waals surface area contributed by atoms with Crippen molar-refractivity contribution < 1.29 is 0 Å². The van der Waals surface area contributed by atoms with Crippen LogP contribution in [-0.4, -0.2) is 6.16 Å². The van der Waals surface area contributed by atoms with Crippen molar-refractivity contribution >= 4 is 23.2 Å². The van der Waals surface area contributed by atoms with Crippen LogP contribution in [0, 0.1) is 5.41 Å². The Balaban J connectivity index is 1.77. The number of allylic oxidation sites excluding steroid dienone is 6. The highest BCUT2D eigenvalue weighted by Crippen LogP contribution is 2.55. The molecule has 174 valence electrons. The van der Waals surface area contributed by atoms with Crippen LogP contribution in [0.5, 0.6) is 0 Å². The lowest BCUT2D eigenvalue weighted by Crippen LogP contribution is -2.33. The van der Waals surface area contributed by atoms with Gasteiger partial charge in [0, 0.05) is 0 Å². The second-order valence-electron chi connectivity index (χ2n) is 10.2. The summed E-state index contributed by atoms with van der Waals surface area (Å²) in [6.07, 6.45) is 12.1. The summed E-state index contributed by atoms with van der Waals surface area (Å²) in [7, 11) is -1.82. The molecule has 3 aromatic carbocycles.